The highest BCUT2D eigenvalue weighted by molar-refractivity contribution is 5.78. The molecule has 0 aliphatic carbocycles. The molecule has 1 aromatic rings. The number of hydrogen-bond donors (Lipinski definition) is 2. The lowest BCUT2D eigenvalue weighted by atomic mass is 9.98. The molecule has 1 saturated heterocycles. The lowest BCUT2D eigenvalue weighted by molar-refractivity contribution is -0.135. The van der Waals surface area contributed by atoms with Gasteiger partial charge in [-0.1, -0.05) is 50.6 Å². The molecule has 0 bridgehead atoms. The monoisotopic (exact) mass is 464 g/mol. The first-order chi connectivity index (χ1) is 15.9. The summed E-state index contributed by atoms with van der Waals surface area (Å²) in [6.45, 7) is 5.29. The fourth-order valence-electron chi connectivity index (χ4n) is 4.04. The van der Waals surface area contributed by atoms with E-state index in [1.807, 2.05) is 35.2 Å². The number of methoxy groups -OCH3 is 2. The van der Waals surface area contributed by atoms with Gasteiger partial charge in [0.05, 0.1) is 18.6 Å². The van der Waals surface area contributed by atoms with E-state index in [0.29, 0.717) is 25.2 Å². The molecule has 2 rings (SSSR count). The minimum Gasteiger partial charge on any atom is -0.388 e. The molecule has 7 heteroatoms. The third-order valence-corrected chi connectivity index (χ3v) is 6.18. The number of carbonyl (C=O) groups is 2. The number of nitrogens with one attached hydrogen (secondary N) is 1. The third kappa shape index (κ3) is 11.1. The number of nitrogens with zero attached hydrogens (tertiary/aromatic N) is 1. The number of aliphatic hydroxyl groups excluding tert-OH is 1. The van der Waals surface area contributed by atoms with Crippen LogP contribution in [0.25, 0.3) is 0 Å². The number of carbonyl (C=O) groups excluding carboxylic acids is 2. The standard InChI is InChI=1S/C24H38N2O4.C2H6O/c1-4-18(2)15-21(30-3)16-24(29)26-14-8-11-20(26)12-13-23(28)25-17-22(27)19-9-6-5-7-10-19;1-3-2/h5-7,9-10,18,20-22,27H,4,8,11-17H2,1-3H3,(H,25,28);1-2H3. The van der Waals surface area contributed by atoms with Gasteiger partial charge in [0.15, 0.2) is 0 Å². The van der Waals surface area contributed by atoms with Crippen molar-refractivity contribution in [2.45, 2.75) is 77.0 Å². The van der Waals surface area contributed by atoms with Gasteiger partial charge in [-0.25, -0.2) is 0 Å². The van der Waals surface area contributed by atoms with Gasteiger partial charge in [-0.2, -0.15) is 0 Å². The molecule has 1 aliphatic heterocycles. The summed E-state index contributed by atoms with van der Waals surface area (Å²) < 4.78 is 9.79. The van der Waals surface area contributed by atoms with Gasteiger partial charge in [0.2, 0.25) is 11.8 Å². The fraction of sp³-hybridized carbons (Fsp3) is 0.692. The Labute approximate surface area is 199 Å². The smallest absolute Gasteiger partial charge is 0.225 e. The van der Waals surface area contributed by atoms with Crippen LogP contribution >= 0.6 is 0 Å². The molecule has 1 fully saturated rings. The van der Waals surface area contributed by atoms with Gasteiger partial charge in [-0.05, 0) is 37.2 Å². The third-order valence-electron chi connectivity index (χ3n) is 6.18. The van der Waals surface area contributed by atoms with Crippen molar-refractivity contribution in [2.24, 2.45) is 5.92 Å². The first-order valence-corrected chi connectivity index (χ1v) is 12.1. The molecule has 4 atom stereocenters. The summed E-state index contributed by atoms with van der Waals surface area (Å²) in [4.78, 5) is 27.0. The normalized spacial score (nSPS) is 18.1. The van der Waals surface area contributed by atoms with E-state index in [1.165, 1.54) is 0 Å². The number of ether oxygens (including phenoxy) is 2. The fourth-order valence-corrected chi connectivity index (χ4v) is 4.04. The van der Waals surface area contributed by atoms with Crippen LogP contribution in [0.1, 0.15) is 70.5 Å². The zero-order valence-corrected chi connectivity index (χ0v) is 21.1. The summed E-state index contributed by atoms with van der Waals surface area (Å²) in [6, 6.07) is 9.42. The van der Waals surface area contributed by atoms with Crippen molar-refractivity contribution in [1.82, 2.24) is 10.2 Å². The molecule has 0 aromatic heterocycles. The zero-order chi connectivity index (χ0) is 24.6. The predicted molar refractivity (Wildman–Crippen MR) is 131 cm³/mol. The second kappa shape index (κ2) is 16.6. The Morgan fingerprint density at radius 1 is 1.21 bits per heavy atom. The Morgan fingerprint density at radius 3 is 2.48 bits per heavy atom. The van der Waals surface area contributed by atoms with Crippen molar-refractivity contribution < 1.29 is 24.2 Å². The summed E-state index contributed by atoms with van der Waals surface area (Å²) in [6.07, 6.45) is 4.55. The van der Waals surface area contributed by atoms with Crippen LogP contribution in [0, 0.1) is 5.92 Å². The second-order valence-corrected chi connectivity index (χ2v) is 8.87. The first kappa shape index (κ1) is 29.1. The maximum absolute atomic E-state index is 12.8. The van der Waals surface area contributed by atoms with Crippen molar-refractivity contribution in [3.05, 3.63) is 35.9 Å². The number of benzene rings is 1. The van der Waals surface area contributed by atoms with Gasteiger partial charge in [0.1, 0.15) is 0 Å². The average Bonchev–Trinajstić information content (AvgIpc) is 3.30. The van der Waals surface area contributed by atoms with E-state index in [-0.39, 0.29) is 30.5 Å². The SMILES string of the molecule is CCC(C)CC(CC(=O)N1CCCC1CCC(=O)NCC(O)c1ccccc1)OC.COC. The van der Waals surface area contributed by atoms with Gasteiger partial charge >= 0.3 is 0 Å². The maximum atomic E-state index is 12.8. The molecule has 33 heavy (non-hydrogen) atoms. The van der Waals surface area contributed by atoms with Gasteiger partial charge in [0.25, 0.3) is 0 Å². The maximum Gasteiger partial charge on any atom is 0.225 e. The Bertz CT molecular complexity index is 670. The van der Waals surface area contributed by atoms with Crippen LogP contribution in [0.5, 0.6) is 0 Å². The quantitative estimate of drug-likeness (QED) is 0.492. The molecule has 0 saturated carbocycles. The largest absolute Gasteiger partial charge is 0.388 e. The van der Waals surface area contributed by atoms with E-state index in [2.05, 4.69) is 23.9 Å². The molecule has 1 heterocycles. The Morgan fingerprint density at radius 2 is 1.88 bits per heavy atom. The Kier molecular flexibility index (Phi) is 14.6. The van der Waals surface area contributed by atoms with Crippen molar-refractivity contribution in [3.63, 3.8) is 0 Å². The van der Waals surface area contributed by atoms with E-state index < -0.39 is 6.10 Å². The van der Waals surface area contributed by atoms with Gasteiger partial charge < -0.3 is 24.8 Å². The Hall–Kier alpha value is -1.96. The van der Waals surface area contributed by atoms with Crippen LogP contribution in [0.2, 0.25) is 0 Å². The van der Waals surface area contributed by atoms with Crippen LogP contribution in [0.4, 0.5) is 0 Å². The lowest BCUT2D eigenvalue weighted by Gasteiger charge is -2.27. The zero-order valence-electron chi connectivity index (χ0n) is 21.1. The van der Waals surface area contributed by atoms with Crippen LogP contribution in [-0.2, 0) is 19.1 Å². The molecule has 0 spiro atoms. The van der Waals surface area contributed by atoms with Gasteiger partial charge in [-0.15, -0.1) is 0 Å². The molecular weight excluding hydrogens is 420 g/mol. The Balaban J connectivity index is 0.00000172. The summed E-state index contributed by atoms with van der Waals surface area (Å²) in [5.41, 5.74) is 0.787. The van der Waals surface area contributed by atoms with Crippen LogP contribution in [0.3, 0.4) is 0 Å². The minimum atomic E-state index is -0.712. The molecule has 0 radical (unpaired) electrons. The highest BCUT2D eigenvalue weighted by Crippen LogP contribution is 2.24. The molecule has 1 aliphatic rings. The molecule has 188 valence electrons. The van der Waals surface area contributed by atoms with E-state index in [1.54, 1.807) is 21.3 Å². The van der Waals surface area contributed by atoms with Crippen molar-refractivity contribution in [2.75, 3.05) is 34.4 Å². The average molecular weight is 465 g/mol. The van der Waals surface area contributed by atoms with Crippen molar-refractivity contribution in [3.8, 4) is 0 Å². The molecular formula is C26H44N2O5. The number of hydrogen-bond acceptors (Lipinski definition) is 5. The molecule has 1 aromatic carbocycles. The summed E-state index contributed by atoms with van der Waals surface area (Å²) in [5.74, 6) is 0.579. The topological polar surface area (TPSA) is 88.1 Å². The number of rotatable bonds is 12. The summed E-state index contributed by atoms with van der Waals surface area (Å²) in [5, 5.41) is 13.0. The van der Waals surface area contributed by atoms with Crippen LogP contribution in [-0.4, -0.2) is 68.4 Å². The molecule has 7 nitrogen and oxygen atoms in total. The second-order valence-electron chi connectivity index (χ2n) is 8.87. The molecule has 4 unspecified atom stereocenters. The van der Waals surface area contributed by atoms with E-state index in [4.69, 9.17) is 4.74 Å². The van der Waals surface area contributed by atoms with Gasteiger partial charge in [0, 0.05) is 46.9 Å². The first-order valence-electron chi connectivity index (χ1n) is 12.1. The van der Waals surface area contributed by atoms with E-state index >= 15 is 0 Å². The van der Waals surface area contributed by atoms with Crippen LogP contribution < -0.4 is 5.32 Å². The van der Waals surface area contributed by atoms with E-state index in [9.17, 15) is 14.7 Å². The predicted octanol–water partition coefficient (Wildman–Crippen LogP) is 3.71. The minimum absolute atomic E-state index is 0.0449. The van der Waals surface area contributed by atoms with E-state index in [0.717, 1.165) is 37.8 Å². The number of aliphatic hydroxyl groups is 1. The number of amides is 2. The van der Waals surface area contributed by atoms with Gasteiger partial charge in [-0.3, -0.25) is 9.59 Å². The molecule has 2 N–H and O–H groups in total. The lowest BCUT2D eigenvalue weighted by Crippen LogP contribution is -2.38. The van der Waals surface area contributed by atoms with Crippen LogP contribution in [0.15, 0.2) is 30.3 Å². The number of likely N-dealkylation sites (tertiary alicyclic amines) is 1. The van der Waals surface area contributed by atoms with Crippen molar-refractivity contribution >= 4 is 11.8 Å². The highest BCUT2D eigenvalue weighted by Gasteiger charge is 2.30. The molecule has 2 amide bonds. The van der Waals surface area contributed by atoms with Crippen molar-refractivity contribution in [1.29, 1.82) is 0 Å². The highest BCUT2D eigenvalue weighted by atomic mass is 16.5. The summed E-state index contributed by atoms with van der Waals surface area (Å²) >= 11 is 0. The summed E-state index contributed by atoms with van der Waals surface area (Å²) in [7, 11) is 4.93.